The Balaban J connectivity index is 2.02. The van der Waals surface area contributed by atoms with Gasteiger partial charge in [-0.1, -0.05) is 6.07 Å². The number of nitrogens with one attached hydrogen (secondary N) is 1. The van der Waals surface area contributed by atoms with Crippen LogP contribution in [0.2, 0.25) is 0 Å². The molecule has 0 atom stereocenters. The summed E-state index contributed by atoms with van der Waals surface area (Å²) in [7, 11) is 0. The molecule has 0 spiro atoms. The molecule has 0 unspecified atom stereocenters. The molecule has 0 bridgehead atoms. The van der Waals surface area contributed by atoms with Gasteiger partial charge in [-0.25, -0.2) is 0 Å². The molecule has 0 aliphatic carbocycles. The van der Waals surface area contributed by atoms with E-state index in [1.807, 2.05) is 18.2 Å². The summed E-state index contributed by atoms with van der Waals surface area (Å²) < 4.78 is 0. The van der Waals surface area contributed by atoms with Crippen LogP contribution in [0, 0.1) is 11.3 Å². The van der Waals surface area contributed by atoms with Crippen LogP contribution in [-0.2, 0) is 6.54 Å². The second-order valence-electron chi connectivity index (χ2n) is 3.18. The Labute approximate surface area is 92.8 Å². The number of anilines is 1. The summed E-state index contributed by atoms with van der Waals surface area (Å²) >= 11 is 1.69. The molecule has 1 heterocycles. The van der Waals surface area contributed by atoms with Crippen molar-refractivity contribution in [1.82, 2.24) is 0 Å². The lowest BCUT2D eigenvalue weighted by Crippen LogP contribution is -1.97. The van der Waals surface area contributed by atoms with E-state index in [0.29, 0.717) is 5.56 Å². The number of benzene rings is 1. The second-order valence-corrected chi connectivity index (χ2v) is 3.96. The van der Waals surface area contributed by atoms with E-state index in [-0.39, 0.29) is 0 Å². The van der Waals surface area contributed by atoms with Gasteiger partial charge in [0.15, 0.2) is 0 Å². The first-order valence-electron chi connectivity index (χ1n) is 4.63. The highest BCUT2D eigenvalue weighted by atomic mass is 32.1. The van der Waals surface area contributed by atoms with E-state index in [1.165, 1.54) is 5.56 Å². The van der Waals surface area contributed by atoms with Gasteiger partial charge in [0.2, 0.25) is 0 Å². The van der Waals surface area contributed by atoms with Crippen molar-refractivity contribution in [3.63, 3.8) is 0 Å². The van der Waals surface area contributed by atoms with E-state index in [1.54, 1.807) is 17.4 Å². The van der Waals surface area contributed by atoms with Crippen molar-refractivity contribution < 1.29 is 0 Å². The maximum atomic E-state index is 8.74. The van der Waals surface area contributed by atoms with Crippen molar-refractivity contribution in [2.45, 2.75) is 6.54 Å². The maximum absolute atomic E-state index is 8.74. The quantitative estimate of drug-likeness (QED) is 0.851. The summed E-state index contributed by atoms with van der Waals surface area (Å²) in [4.78, 5) is 0. The van der Waals surface area contributed by atoms with E-state index >= 15 is 0 Å². The van der Waals surface area contributed by atoms with Gasteiger partial charge in [-0.3, -0.25) is 0 Å². The number of nitriles is 1. The van der Waals surface area contributed by atoms with Crippen LogP contribution in [0.4, 0.5) is 5.69 Å². The lowest BCUT2D eigenvalue weighted by molar-refractivity contribution is 1.16. The van der Waals surface area contributed by atoms with Gasteiger partial charge in [-0.15, -0.1) is 0 Å². The largest absolute Gasteiger partial charge is 0.381 e. The Hall–Kier alpha value is -1.79. The number of hydrogen-bond donors (Lipinski definition) is 1. The van der Waals surface area contributed by atoms with Crippen molar-refractivity contribution in [3.8, 4) is 6.07 Å². The van der Waals surface area contributed by atoms with Gasteiger partial charge in [-0.05, 0) is 40.6 Å². The lowest BCUT2D eigenvalue weighted by Gasteiger charge is -2.04. The zero-order valence-electron chi connectivity index (χ0n) is 8.10. The first-order chi connectivity index (χ1) is 7.38. The summed E-state index contributed by atoms with van der Waals surface area (Å²) in [6, 6.07) is 11.7. The fraction of sp³-hybridized carbons (Fsp3) is 0.0833. The number of rotatable bonds is 3. The first kappa shape index (κ1) is 9.75. The molecule has 15 heavy (non-hydrogen) atoms. The third kappa shape index (κ3) is 2.58. The van der Waals surface area contributed by atoms with E-state index in [9.17, 15) is 0 Å². The SMILES string of the molecule is N#Cc1cccc(NCc2ccsc2)c1. The summed E-state index contributed by atoms with van der Waals surface area (Å²) in [5.41, 5.74) is 2.94. The summed E-state index contributed by atoms with van der Waals surface area (Å²) in [6.07, 6.45) is 0. The zero-order valence-corrected chi connectivity index (χ0v) is 8.92. The van der Waals surface area contributed by atoms with Gasteiger partial charge in [-0.2, -0.15) is 16.6 Å². The van der Waals surface area contributed by atoms with Gasteiger partial charge in [0, 0.05) is 12.2 Å². The molecule has 1 N–H and O–H groups in total. The lowest BCUT2D eigenvalue weighted by atomic mass is 10.2. The van der Waals surface area contributed by atoms with Crippen molar-refractivity contribution >= 4 is 17.0 Å². The summed E-state index contributed by atoms with van der Waals surface area (Å²) in [6.45, 7) is 0.804. The van der Waals surface area contributed by atoms with Crippen LogP contribution in [-0.4, -0.2) is 0 Å². The topological polar surface area (TPSA) is 35.8 Å². The molecule has 3 heteroatoms. The first-order valence-corrected chi connectivity index (χ1v) is 5.58. The third-order valence-corrected chi connectivity index (χ3v) is 2.80. The molecule has 2 aromatic rings. The normalized spacial score (nSPS) is 9.53. The molecule has 2 rings (SSSR count). The molecule has 2 nitrogen and oxygen atoms in total. The van der Waals surface area contributed by atoms with Crippen molar-refractivity contribution in [2.24, 2.45) is 0 Å². The van der Waals surface area contributed by atoms with Gasteiger partial charge < -0.3 is 5.32 Å². The van der Waals surface area contributed by atoms with E-state index in [4.69, 9.17) is 5.26 Å². The Bertz CT molecular complexity index is 469. The van der Waals surface area contributed by atoms with Crippen LogP contribution in [0.25, 0.3) is 0 Å². The number of nitrogens with zero attached hydrogens (tertiary/aromatic N) is 1. The van der Waals surface area contributed by atoms with E-state index in [0.717, 1.165) is 12.2 Å². The number of hydrogen-bond acceptors (Lipinski definition) is 3. The molecular weight excluding hydrogens is 204 g/mol. The van der Waals surface area contributed by atoms with Crippen molar-refractivity contribution in [2.75, 3.05) is 5.32 Å². The Morgan fingerprint density at radius 2 is 2.27 bits per heavy atom. The van der Waals surface area contributed by atoms with Gasteiger partial charge >= 0.3 is 0 Å². The molecule has 1 aromatic heterocycles. The number of thiophene rings is 1. The highest BCUT2D eigenvalue weighted by Gasteiger charge is 1.95. The molecule has 0 fully saturated rings. The molecule has 0 saturated carbocycles. The van der Waals surface area contributed by atoms with Crippen LogP contribution >= 0.6 is 11.3 Å². The second kappa shape index (κ2) is 4.63. The smallest absolute Gasteiger partial charge is 0.0992 e. The van der Waals surface area contributed by atoms with Crippen LogP contribution in [0.1, 0.15) is 11.1 Å². The molecule has 0 aliphatic rings. The molecule has 0 amide bonds. The van der Waals surface area contributed by atoms with E-state index in [2.05, 4.69) is 28.2 Å². The maximum Gasteiger partial charge on any atom is 0.0992 e. The predicted molar refractivity (Wildman–Crippen MR) is 62.8 cm³/mol. The fourth-order valence-corrected chi connectivity index (χ4v) is 1.96. The zero-order chi connectivity index (χ0) is 10.5. The van der Waals surface area contributed by atoms with Crippen molar-refractivity contribution in [1.29, 1.82) is 5.26 Å². The molecule has 1 aromatic carbocycles. The highest BCUT2D eigenvalue weighted by molar-refractivity contribution is 7.07. The highest BCUT2D eigenvalue weighted by Crippen LogP contribution is 2.12. The molecular formula is C12H10N2S. The predicted octanol–water partition coefficient (Wildman–Crippen LogP) is 3.23. The van der Waals surface area contributed by atoms with Crippen LogP contribution in [0.15, 0.2) is 41.1 Å². The molecule has 0 radical (unpaired) electrons. The van der Waals surface area contributed by atoms with Crippen LogP contribution < -0.4 is 5.32 Å². The Morgan fingerprint density at radius 1 is 1.33 bits per heavy atom. The van der Waals surface area contributed by atoms with E-state index < -0.39 is 0 Å². The van der Waals surface area contributed by atoms with Crippen molar-refractivity contribution in [3.05, 3.63) is 52.2 Å². The Morgan fingerprint density at radius 3 is 3.00 bits per heavy atom. The average Bonchev–Trinajstić information content (AvgIpc) is 2.79. The molecule has 0 saturated heterocycles. The minimum atomic E-state index is 0.685. The van der Waals surface area contributed by atoms with Crippen LogP contribution in [0.5, 0.6) is 0 Å². The van der Waals surface area contributed by atoms with Crippen LogP contribution in [0.3, 0.4) is 0 Å². The standard InChI is InChI=1S/C12H10N2S/c13-7-10-2-1-3-12(6-10)14-8-11-4-5-15-9-11/h1-6,9,14H,8H2. The van der Waals surface area contributed by atoms with Gasteiger partial charge in [0.05, 0.1) is 11.6 Å². The van der Waals surface area contributed by atoms with Gasteiger partial charge in [0.25, 0.3) is 0 Å². The summed E-state index contributed by atoms with van der Waals surface area (Å²) in [5.74, 6) is 0. The molecule has 0 aliphatic heterocycles. The van der Waals surface area contributed by atoms with Gasteiger partial charge in [0.1, 0.15) is 0 Å². The Kier molecular flexibility index (Phi) is 3.01. The average molecular weight is 214 g/mol. The third-order valence-electron chi connectivity index (χ3n) is 2.07. The minimum absolute atomic E-state index is 0.685. The minimum Gasteiger partial charge on any atom is -0.381 e. The fourth-order valence-electron chi connectivity index (χ4n) is 1.30. The summed E-state index contributed by atoms with van der Waals surface area (Å²) in [5, 5.41) is 16.2. The monoisotopic (exact) mass is 214 g/mol. The molecule has 74 valence electrons.